The summed E-state index contributed by atoms with van der Waals surface area (Å²) in [7, 11) is 1.54. The zero-order valence-corrected chi connectivity index (χ0v) is 14.5. The van der Waals surface area contributed by atoms with E-state index in [4.69, 9.17) is 4.74 Å². The monoisotopic (exact) mass is 316 g/mol. The van der Waals surface area contributed by atoms with Gasteiger partial charge in [-0.25, -0.2) is 0 Å². The number of hydrogen-bond donors (Lipinski definition) is 1. The average molecular weight is 316 g/mol. The number of phenols is 1. The molecule has 0 heterocycles. The number of hydrogen-bond acceptors (Lipinski definition) is 3. The maximum absolute atomic E-state index is 11.5. The van der Waals surface area contributed by atoms with Gasteiger partial charge in [-0.05, 0) is 50.2 Å². The molecule has 1 aromatic rings. The molecule has 0 aromatic heterocycles. The van der Waals surface area contributed by atoms with E-state index in [1.807, 2.05) is 0 Å². The summed E-state index contributed by atoms with van der Waals surface area (Å²) in [6.07, 6.45) is 14.3. The van der Waals surface area contributed by atoms with Crippen molar-refractivity contribution in [1.82, 2.24) is 0 Å². The standard InChI is InChI=1S/C20H28O3/c1-4-6-8-10-12-16-14-17(15-21)18(13-11-9-7-5-2)20(23-3)19(16)22/h6-9,14-15,22H,4-5,10-13H2,1-3H3/b8-6-,9-7-. The number of phenolic OH excluding ortho intramolecular Hbond substituents is 1. The highest BCUT2D eigenvalue weighted by molar-refractivity contribution is 5.81. The second-order valence-electron chi connectivity index (χ2n) is 5.44. The highest BCUT2D eigenvalue weighted by atomic mass is 16.5. The third-order valence-corrected chi connectivity index (χ3v) is 3.75. The molecule has 1 N–H and O–H groups in total. The van der Waals surface area contributed by atoms with Crippen LogP contribution in [0.2, 0.25) is 0 Å². The Morgan fingerprint density at radius 1 is 1.04 bits per heavy atom. The van der Waals surface area contributed by atoms with Crippen molar-refractivity contribution < 1.29 is 14.6 Å². The minimum atomic E-state index is 0.164. The molecule has 0 amide bonds. The Kier molecular flexibility index (Phi) is 8.81. The first-order valence-corrected chi connectivity index (χ1v) is 8.36. The predicted octanol–water partition coefficient (Wildman–Crippen LogP) is 5.01. The van der Waals surface area contributed by atoms with Gasteiger partial charge >= 0.3 is 0 Å². The third kappa shape index (κ3) is 5.59. The summed E-state index contributed by atoms with van der Waals surface area (Å²) in [6.45, 7) is 4.17. The van der Waals surface area contributed by atoms with Gasteiger partial charge in [0.25, 0.3) is 0 Å². The van der Waals surface area contributed by atoms with Crippen molar-refractivity contribution >= 4 is 6.29 Å². The molecule has 0 fully saturated rings. The van der Waals surface area contributed by atoms with Gasteiger partial charge in [0.2, 0.25) is 0 Å². The number of ether oxygens (including phenoxy) is 1. The van der Waals surface area contributed by atoms with Crippen molar-refractivity contribution in [3.05, 3.63) is 47.1 Å². The lowest BCUT2D eigenvalue weighted by molar-refractivity contribution is 0.112. The number of allylic oxidation sites excluding steroid dienone is 4. The molecule has 0 radical (unpaired) electrons. The molecule has 0 aliphatic heterocycles. The van der Waals surface area contributed by atoms with Crippen LogP contribution in [0.4, 0.5) is 0 Å². The number of aryl methyl sites for hydroxylation is 1. The molecule has 23 heavy (non-hydrogen) atoms. The fourth-order valence-electron chi connectivity index (χ4n) is 2.57. The van der Waals surface area contributed by atoms with Crippen molar-refractivity contribution in [1.29, 1.82) is 0 Å². The Bertz CT molecular complexity index is 556. The van der Waals surface area contributed by atoms with Crippen LogP contribution in [0.5, 0.6) is 11.5 Å². The number of carbonyl (C=O) groups excluding carboxylic acids is 1. The second kappa shape index (κ2) is 10.7. The molecule has 0 atom stereocenters. The van der Waals surface area contributed by atoms with E-state index < -0.39 is 0 Å². The Hall–Kier alpha value is -2.03. The van der Waals surface area contributed by atoms with Gasteiger partial charge in [0.15, 0.2) is 11.5 Å². The second-order valence-corrected chi connectivity index (χ2v) is 5.44. The van der Waals surface area contributed by atoms with E-state index in [1.54, 1.807) is 6.07 Å². The summed E-state index contributed by atoms with van der Waals surface area (Å²) in [4.78, 5) is 11.5. The molecule has 126 valence electrons. The van der Waals surface area contributed by atoms with Gasteiger partial charge in [-0.15, -0.1) is 0 Å². The Balaban J connectivity index is 3.06. The fraction of sp³-hybridized carbons (Fsp3) is 0.450. The summed E-state index contributed by atoms with van der Waals surface area (Å²) in [5.74, 6) is 0.603. The normalized spacial score (nSPS) is 11.4. The van der Waals surface area contributed by atoms with E-state index in [0.717, 1.165) is 43.1 Å². The highest BCUT2D eigenvalue weighted by Gasteiger charge is 2.17. The quantitative estimate of drug-likeness (QED) is 0.487. The van der Waals surface area contributed by atoms with E-state index in [-0.39, 0.29) is 5.75 Å². The smallest absolute Gasteiger partial charge is 0.164 e. The van der Waals surface area contributed by atoms with Gasteiger partial charge in [0.05, 0.1) is 7.11 Å². The first-order chi connectivity index (χ1) is 11.2. The van der Waals surface area contributed by atoms with Crippen molar-refractivity contribution in [2.24, 2.45) is 0 Å². The van der Waals surface area contributed by atoms with Crippen LogP contribution in [-0.2, 0) is 12.8 Å². The van der Waals surface area contributed by atoms with Crippen LogP contribution in [0.25, 0.3) is 0 Å². The van der Waals surface area contributed by atoms with Crippen molar-refractivity contribution in [2.45, 2.75) is 52.4 Å². The molecular formula is C20H28O3. The van der Waals surface area contributed by atoms with Crippen LogP contribution in [0.3, 0.4) is 0 Å². The van der Waals surface area contributed by atoms with Crippen LogP contribution in [0.15, 0.2) is 30.4 Å². The van der Waals surface area contributed by atoms with E-state index in [9.17, 15) is 9.90 Å². The maximum Gasteiger partial charge on any atom is 0.164 e. The number of carbonyl (C=O) groups is 1. The third-order valence-electron chi connectivity index (χ3n) is 3.75. The fourth-order valence-corrected chi connectivity index (χ4v) is 2.57. The predicted molar refractivity (Wildman–Crippen MR) is 95.6 cm³/mol. The SMILES string of the molecule is CC/C=C\CCc1cc(C=O)c(CC/C=C\CC)c(OC)c1O. The molecule has 1 rings (SSSR count). The molecule has 0 spiro atoms. The number of aldehydes is 1. The summed E-state index contributed by atoms with van der Waals surface area (Å²) in [6, 6.07) is 1.80. The van der Waals surface area contributed by atoms with E-state index >= 15 is 0 Å². The molecule has 0 aliphatic carbocycles. The zero-order chi connectivity index (χ0) is 17.1. The summed E-state index contributed by atoms with van der Waals surface area (Å²) >= 11 is 0. The Morgan fingerprint density at radius 3 is 2.17 bits per heavy atom. The van der Waals surface area contributed by atoms with Gasteiger partial charge in [0, 0.05) is 11.1 Å². The molecular weight excluding hydrogens is 288 g/mol. The van der Waals surface area contributed by atoms with Gasteiger partial charge < -0.3 is 9.84 Å². The van der Waals surface area contributed by atoms with Crippen molar-refractivity contribution in [3.63, 3.8) is 0 Å². The summed E-state index contributed by atoms with van der Waals surface area (Å²) < 4.78 is 5.39. The van der Waals surface area contributed by atoms with Crippen LogP contribution < -0.4 is 4.74 Å². The van der Waals surface area contributed by atoms with Gasteiger partial charge in [-0.2, -0.15) is 0 Å². The first kappa shape index (κ1) is 19.0. The molecule has 0 unspecified atom stereocenters. The minimum absolute atomic E-state index is 0.164. The highest BCUT2D eigenvalue weighted by Crippen LogP contribution is 2.37. The topological polar surface area (TPSA) is 46.5 Å². The molecule has 0 aliphatic rings. The Labute approximate surface area is 139 Å². The van der Waals surface area contributed by atoms with Crippen LogP contribution in [0, 0.1) is 0 Å². The van der Waals surface area contributed by atoms with Crippen LogP contribution in [-0.4, -0.2) is 18.5 Å². The summed E-state index contributed by atoms with van der Waals surface area (Å²) in [5.41, 5.74) is 2.16. The van der Waals surface area contributed by atoms with Gasteiger partial charge in [-0.1, -0.05) is 38.2 Å². The van der Waals surface area contributed by atoms with Gasteiger partial charge in [0.1, 0.15) is 6.29 Å². The van der Waals surface area contributed by atoms with E-state index in [1.165, 1.54) is 7.11 Å². The largest absolute Gasteiger partial charge is 0.504 e. The molecule has 3 heteroatoms. The summed E-state index contributed by atoms with van der Waals surface area (Å²) in [5, 5.41) is 10.5. The molecule has 0 saturated carbocycles. The first-order valence-electron chi connectivity index (χ1n) is 8.36. The lowest BCUT2D eigenvalue weighted by Crippen LogP contribution is -2.01. The molecule has 0 saturated heterocycles. The molecule has 1 aromatic carbocycles. The minimum Gasteiger partial charge on any atom is -0.504 e. The molecule has 3 nitrogen and oxygen atoms in total. The van der Waals surface area contributed by atoms with Crippen LogP contribution in [0.1, 0.15) is 61.0 Å². The van der Waals surface area contributed by atoms with Crippen LogP contribution >= 0.6 is 0 Å². The lowest BCUT2D eigenvalue weighted by atomic mass is 9.96. The van der Waals surface area contributed by atoms with Crippen molar-refractivity contribution in [2.75, 3.05) is 7.11 Å². The number of benzene rings is 1. The maximum atomic E-state index is 11.5. The number of methoxy groups -OCH3 is 1. The van der Waals surface area contributed by atoms with E-state index in [0.29, 0.717) is 24.2 Å². The Morgan fingerprint density at radius 2 is 1.65 bits per heavy atom. The zero-order valence-electron chi connectivity index (χ0n) is 14.5. The lowest BCUT2D eigenvalue weighted by Gasteiger charge is -2.15. The number of aromatic hydroxyl groups is 1. The average Bonchev–Trinajstić information content (AvgIpc) is 2.57. The van der Waals surface area contributed by atoms with E-state index in [2.05, 4.69) is 38.2 Å². The number of rotatable bonds is 10. The molecule has 0 bridgehead atoms. The van der Waals surface area contributed by atoms with Gasteiger partial charge in [-0.3, -0.25) is 4.79 Å². The van der Waals surface area contributed by atoms with Crippen molar-refractivity contribution in [3.8, 4) is 11.5 Å².